The SMILES string of the molecule is Cc1ccccc1OCC#CCNC(=O)c1ccno1. The summed E-state index contributed by atoms with van der Waals surface area (Å²) in [7, 11) is 0. The van der Waals surface area contributed by atoms with E-state index in [1.165, 1.54) is 12.3 Å². The van der Waals surface area contributed by atoms with Crippen LogP contribution in [-0.4, -0.2) is 24.2 Å². The summed E-state index contributed by atoms with van der Waals surface area (Å²) >= 11 is 0. The lowest BCUT2D eigenvalue weighted by atomic mass is 10.2. The van der Waals surface area contributed by atoms with Gasteiger partial charge in [-0.2, -0.15) is 0 Å². The zero-order chi connectivity index (χ0) is 14.2. The molecule has 1 amide bonds. The van der Waals surface area contributed by atoms with E-state index >= 15 is 0 Å². The Morgan fingerprint density at radius 2 is 2.20 bits per heavy atom. The minimum absolute atomic E-state index is 0.169. The summed E-state index contributed by atoms with van der Waals surface area (Å²) in [5, 5.41) is 6.04. The van der Waals surface area contributed by atoms with Crippen LogP contribution < -0.4 is 10.1 Å². The molecular weight excluding hydrogens is 256 g/mol. The molecule has 0 aliphatic heterocycles. The zero-order valence-corrected chi connectivity index (χ0v) is 11.1. The lowest BCUT2D eigenvalue weighted by Gasteiger charge is -2.04. The maximum atomic E-state index is 11.5. The maximum Gasteiger partial charge on any atom is 0.290 e. The second kappa shape index (κ2) is 7.00. The van der Waals surface area contributed by atoms with E-state index in [4.69, 9.17) is 9.26 Å². The van der Waals surface area contributed by atoms with Crippen molar-refractivity contribution < 1.29 is 14.1 Å². The fourth-order valence-electron chi connectivity index (χ4n) is 1.49. The highest BCUT2D eigenvalue weighted by Crippen LogP contribution is 2.15. The van der Waals surface area contributed by atoms with Crippen LogP contribution in [0.5, 0.6) is 5.75 Å². The van der Waals surface area contributed by atoms with Crippen LogP contribution in [0.25, 0.3) is 0 Å². The largest absolute Gasteiger partial charge is 0.481 e. The van der Waals surface area contributed by atoms with E-state index in [1.54, 1.807) is 0 Å². The summed E-state index contributed by atoms with van der Waals surface area (Å²) in [4.78, 5) is 11.5. The minimum Gasteiger partial charge on any atom is -0.481 e. The summed E-state index contributed by atoms with van der Waals surface area (Å²) in [6, 6.07) is 9.22. The summed E-state index contributed by atoms with van der Waals surface area (Å²) in [5.74, 6) is 6.27. The Labute approximate surface area is 116 Å². The van der Waals surface area contributed by atoms with Crippen molar-refractivity contribution >= 4 is 5.91 Å². The van der Waals surface area contributed by atoms with E-state index in [1.807, 2.05) is 31.2 Å². The Morgan fingerprint density at radius 3 is 2.95 bits per heavy atom. The first-order valence-electron chi connectivity index (χ1n) is 6.10. The number of aromatic nitrogens is 1. The van der Waals surface area contributed by atoms with Gasteiger partial charge < -0.3 is 14.6 Å². The molecular formula is C15H14N2O3. The first kappa shape index (κ1) is 13.7. The molecule has 1 heterocycles. The van der Waals surface area contributed by atoms with Gasteiger partial charge in [-0.25, -0.2) is 0 Å². The van der Waals surface area contributed by atoms with Crippen molar-refractivity contribution in [3.63, 3.8) is 0 Å². The Morgan fingerprint density at radius 1 is 1.35 bits per heavy atom. The van der Waals surface area contributed by atoms with Crippen molar-refractivity contribution in [1.29, 1.82) is 0 Å². The third-order valence-electron chi connectivity index (χ3n) is 2.52. The van der Waals surface area contributed by atoms with Crippen molar-refractivity contribution in [3.8, 4) is 17.6 Å². The van der Waals surface area contributed by atoms with Crippen LogP contribution in [-0.2, 0) is 0 Å². The summed E-state index contributed by atoms with van der Waals surface area (Å²) in [6.45, 7) is 2.49. The molecule has 0 fully saturated rings. The molecule has 5 nitrogen and oxygen atoms in total. The van der Waals surface area contributed by atoms with Crippen LogP contribution in [0.15, 0.2) is 41.1 Å². The van der Waals surface area contributed by atoms with E-state index in [0.717, 1.165) is 11.3 Å². The molecule has 0 saturated carbocycles. The number of hydrogen-bond acceptors (Lipinski definition) is 4. The number of nitrogens with one attached hydrogen (secondary N) is 1. The summed E-state index contributed by atoms with van der Waals surface area (Å²) in [5.41, 5.74) is 1.06. The van der Waals surface area contributed by atoms with Crippen molar-refractivity contribution in [1.82, 2.24) is 10.5 Å². The molecule has 102 valence electrons. The molecule has 1 aromatic heterocycles. The van der Waals surface area contributed by atoms with Crippen LogP contribution in [0.1, 0.15) is 16.1 Å². The average molecular weight is 270 g/mol. The predicted molar refractivity (Wildman–Crippen MR) is 73.3 cm³/mol. The molecule has 0 aliphatic rings. The molecule has 2 rings (SSSR count). The average Bonchev–Trinajstić information content (AvgIpc) is 2.98. The third kappa shape index (κ3) is 3.89. The number of amides is 1. The maximum absolute atomic E-state index is 11.5. The molecule has 0 spiro atoms. The van der Waals surface area contributed by atoms with E-state index in [-0.39, 0.29) is 24.8 Å². The van der Waals surface area contributed by atoms with E-state index in [9.17, 15) is 4.79 Å². The van der Waals surface area contributed by atoms with Crippen molar-refractivity contribution in [3.05, 3.63) is 47.9 Å². The topological polar surface area (TPSA) is 64.4 Å². The van der Waals surface area contributed by atoms with Gasteiger partial charge in [-0.05, 0) is 18.6 Å². The van der Waals surface area contributed by atoms with Crippen LogP contribution in [0.3, 0.4) is 0 Å². The highest BCUT2D eigenvalue weighted by molar-refractivity contribution is 5.91. The van der Waals surface area contributed by atoms with Gasteiger partial charge in [0.2, 0.25) is 5.76 Å². The Hall–Kier alpha value is -2.74. The number of carbonyl (C=O) groups is 1. The molecule has 0 unspecified atom stereocenters. The Bertz CT molecular complexity index is 624. The van der Waals surface area contributed by atoms with Crippen molar-refractivity contribution in [2.45, 2.75) is 6.92 Å². The normalized spacial score (nSPS) is 9.45. The molecule has 1 aromatic carbocycles. The van der Waals surface area contributed by atoms with Gasteiger partial charge in [0, 0.05) is 6.07 Å². The lowest BCUT2D eigenvalue weighted by Crippen LogP contribution is -2.23. The van der Waals surface area contributed by atoms with Gasteiger partial charge in [-0.15, -0.1) is 0 Å². The standard InChI is InChI=1S/C15H14N2O3/c1-12-6-2-3-7-13(12)19-11-5-4-9-16-15(18)14-8-10-17-20-14/h2-3,6-8,10H,9,11H2,1H3,(H,16,18). The first-order valence-corrected chi connectivity index (χ1v) is 6.10. The number of para-hydroxylation sites is 1. The van der Waals surface area contributed by atoms with Crippen LogP contribution in [0, 0.1) is 18.8 Å². The number of nitrogens with zero attached hydrogens (tertiary/aromatic N) is 1. The summed E-state index contributed by atoms with van der Waals surface area (Å²) in [6.07, 6.45) is 1.41. The first-order chi connectivity index (χ1) is 9.77. The summed E-state index contributed by atoms with van der Waals surface area (Å²) < 4.78 is 10.2. The number of rotatable bonds is 4. The highest BCUT2D eigenvalue weighted by atomic mass is 16.5. The van der Waals surface area contributed by atoms with Crippen LogP contribution in [0.4, 0.5) is 0 Å². The van der Waals surface area contributed by atoms with Crippen molar-refractivity contribution in [2.75, 3.05) is 13.2 Å². The second-order valence-corrected chi connectivity index (χ2v) is 3.97. The molecule has 1 N–H and O–H groups in total. The molecule has 0 atom stereocenters. The van der Waals surface area contributed by atoms with Gasteiger partial charge in [0.1, 0.15) is 12.4 Å². The number of benzene rings is 1. The van der Waals surface area contributed by atoms with Crippen molar-refractivity contribution in [2.24, 2.45) is 0 Å². The Balaban J connectivity index is 1.71. The minimum atomic E-state index is -0.336. The molecule has 2 aromatic rings. The fourth-order valence-corrected chi connectivity index (χ4v) is 1.49. The Kier molecular flexibility index (Phi) is 4.79. The smallest absolute Gasteiger partial charge is 0.290 e. The fraction of sp³-hybridized carbons (Fsp3) is 0.200. The monoisotopic (exact) mass is 270 g/mol. The number of carbonyl (C=O) groups excluding carboxylic acids is 1. The zero-order valence-electron chi connectivity index (χ0n) is 11.1. The van der Waals surface area contributed by atoms with Crippen LogP contribution in [0.2, 0.25) is 0 Å². The molecule has 20 heavy (non-hydrogen) atoms. The quantitative estimate of drug-likeness (QED) is 0.860. The number of aryl methyl sites for hydroxylation is 1. The van der Waals surface area contributed by atoms with E-state index < -0.39 is 0 Å². The van der Waals surface area contributed by atoms with Gasteiger partial charge >= 0.3 is 0 Å². The molecule has 0 bridgehead atoms. The van der Waals surface area contributed by atoms with Crippen LogP contribution >= 0.6 is 0 Å². The van der Waals surface area contributed by atoms with Gasteiger partial charge in [0.25, 0.3) is 5.91 Å². The van der Waals surface area contributed by atoms with Gasteiger partial charge in [-0.1, -0.05) is 35.2 Å². The third-order valence-corrected chi connectivity index (χ3v) is 2.52. The predicted octanol–water partition coefficient (Wildman–Crippen LogP) is 1.80. The van der Waals surface area contributed by atoms with E-state index in [0.29, 0.717) is 0 Å². The van der Waals surface area contributed by atoms with Gasteiger partial charge in [0.05, 0.1) is 12.7 Å². The number of hydrogen-bond donors (Lipinski definition) is 1. The highest BCUT2D eigenvalue weighted by Gasteiger charge is 2.06. The lowest BCUT2D eigenvalue weighted by molar-refractivity contribution is 0.0922. The molecule has 0 saturated heterocycles. The van der Waals surface area contributed by atoms with Gasteiger partial charge in [0.15, 0.2) is 0 Å². The number of ether oxygens (including phenoxy) is 1. The molecule has 0 aliphatic carbocycles. The molecule has 0 radical (unpaired) electrons. The second-order valence-electron chi connectivity index (χ2n) is 3.97. The van der Waals surface area contributed by atoms with E-state index in [2.05, 4.69) is 22.3 Å². The molecule has 5 heteroatoms. The van der Waals surface area contributed by atoms with Gasteiger partial charge in [-0.3, -0.25) is 4.79 Å².